The maximum atomic E-state index is 12.4. The number of carbonyl (C=O) groups excluding carboxylic acids is 1. The molecule has 108 valence electrons. The average Bonchev–Trinajstić information content (AvgIpc) is 2.80. The number of hydrogen-bond donors (Lipinski definition) is 2. The molecule has 1 aliphatic heterocycles. The lowest BCUT2D eigenvalue weighted by molar-refractivity contribution is -0.143. The molecule has 0 spiro atoms. The van der Waals surface area contributed by atoms with Crippen molar-refractivity contribution in [3.8, 4) is 0 Å². The van der Waals surface area contributed by atoms with Gasteiger partial charge in [0.05, 0.1) is 5.92 Å². The van der Waals surface area contributed by atoms with Gasteiger partial charge in [-0.05, 0) is 25.8 Å². The van der Waals surface area contributed by atoms with E-state index in [4.69, 9.17) is 10.8 Å². The zero-order valence-corrected chi connectivity index (χ0v) is 11.7. The molecule has 3 unspecified atom stereocenters. The largest absolute Gasteiger partial charge is 0.481 e. The summed E-state index contributed by atoms with van der Waals surface area (Å²) in [5.41, 5.74) is 7.88. The van der Waals surface area contributed by atoms with E-state index >= 15 is 0 Å². The van der Waals surface area contributed by atoms with Crippen LogP contribution in [0.4, 0.5) is 0 Å². The summed E-state index contributed by atoms with van der Waals surface area (Å²) in [6.07, 6.45) is 0.489. The Labute approximate surface area is 118 Å². The Hall–Kier alpha value is -1.88. The molecule has 0 bridgehead atoms. The molecule has 3 atom stereocenters. The van der Waals surface area contributed by atoms with Crippen LogP contribution in [-0.2, 0) is 9.59 Å². The van der Waals surface area contributed by atoms with E-state index in [0.29, 0.717) is 13.0 Å². The van der Waals surface area contributed by atoms with Gasteiger partial charge in [-0.15, -0.1) is 0 Å². The van der Waals surface area contributed by atoms with Crippen molar-refractivity contribution in [1.29, 1.82) is 0 Å². The van der Waals surface area contributed by atoms with E-state index in [1.165, 1.54) is 0 Å². The van der Waals surface area contributed by atoms with Crippen LogP contribution in [0, 0.1) is 12.8 Å². The molecule has 0 saturated carbocycles. The Kier molecular flexibility index (Phi) is 4.09. The van der Waals surface area contributed by atoms with Gasteiger partial charge in [0.25, 0.3) is 0 Å². The highest BCUT2D eigenvalue weighted by Gasteiger charge is 2.39. The van der Waals surface area contributed by atoms with Crippen LogP contribution >= 0.6 is 0 Å². The van der Waals surface area contributed by atoms with E-state index in [2.05, 4.69) is 0 Å². The van der Waals surface area contributed by atoms with Crippen LogP contribution in [0.15, 0.2) is 24.3 Å². The molecular weight excluding hydrogens is 256 g/mol. The number of carboxylic acids is 1. The second-order valence-corrected chi connectivity index (χ2v) is 5.39. The predicted octanol–water partition coefficient (Wildman–Crippen LogP) is 1.32. The van der Waals surface area contributed by atoms with E-state index in [1.807, 2.05) is 31.2 Å². The summed E-state index contributed by atoms with van der Waals surface area (Å²) in [5.74, 6) is -1.55. The SMILES string of the molecule is Cc1ccc(C(N)C(=O)N2CCC(C(=O)O)C2C)cc1. The molecule has 3 N–H and O–H groups in total. The third-order valence-corrected chi connectivity index (χ3v) is 4.06. The summed E-state index contributed by atoms with van der Waals surface area (Å²) >= 11 is 0. The minimum atomic E-state index is -0.850. The van der Waals surface area contributed by atoms with Gasteiger partial charge in [0, 0.05) is 12.6 Å². The second kappa shape index (κ2) is 5.63. The summed E-state index contributed by atoms with van der Waals surface area (Å²) in [4.78, 5) is 25.1. The van der Waals surface area contributed by atoms with Gasteiger partial charge in [-0.25, -0.2) is 0 Å². The summed E-state index contributed by atoms with van der Waals surface area (Å²) in [5, 5.41) is 9.10. The van der Waals surface area contributed by atoms with Crippen molar-refractivity contribution in [2.75, 3.05) is 6.54 Å². The Morgan fingerprint density at radius 3 is 2.45 bits per heavy atom. The molecule has 1 fully saturated rings. The maximum Gasteiger partial charge on any atom is 0.308 e. The lowest BCUT2D eigenvalue weighted by Gasteiger charge is -2.26. The molecule has 1 aliphatic rings. The number of nitrogens with zero attached hydrogens (tertiary/aromatic N) is 1. The van der Waals surface area contributed by atoms with E-state index < -0.39 is 17.9 Å². The van der Waals surface area contributed by atoms with Gasteiger partial charge >= 0.3 is 5.97 Å². The Bertz CT molecular complexity index is 512. The summed E-state index contributed by atoms with van der Waals surface area (Å²) < 4.78 is 0. The molecule has 5 heteroatoms. The van der Waals surface area contributed by atoms with Crippen molar-refractivity contribution >= 4 is 11.9 Å². The normalized spacial score (nSPS) is 23.6. The van der Waals surface area contributed by atoms with Crippen LogP contribution in [0.3, 0.4) is 0 Å². The molecule has 1 aromatic carbocycles. The molecule has 1 aromatic rings. The van der Waals surface area contributed by atoms with Gasteiger partial charge in [0.2, 0.25) is 5.91 Å². The van der Waals surface area contributed by atoms with Crippen molar-refractivity contribution < 1.29 is 14.7 Å². The summed E-state index contributed by atoms with van der Waals surface area (Å²) in [6, 6.07) is 6.47. The minimum Gasteiger partial charge on any atom is -0.481 e. The highest BCUT2D eigenvalue weighted by Crippen LogP contribution is 2.27. The van der Waals surface area contributed by atoms with Crippen molar-refractivity contribution in [1.82, 2.24) is 4.90 Å². The fourth-order valence-electron chi connectivity index (χ4n) is 2.68. The van der Waals surface area contributed by atoms with Gasteiger partial charge in [0.15, 0.2) is 0 Å². The number of carboxylic acid groups (broad SMARTS) is 1. The lowest BCUT2D eigenvalue weighted by atomic mass is 10.0. The first kappa shape index (κ1) is 14.5. The van der Waals surface area contributed by atoms with Crippen LogP contribution in [0.25, 0.3) is 0 Å². The van der Waals surface area contributed by atoms with E-state index in [0.717, 1.165) is 11.1 Å². The zero-order valence-electron chi connectivity index (χ0n) is 11.7. The number of likely N-dealkylation sites (tertiary alicyclic amines) is 1. The first-order valence-corrected chi connectivity index (χ1v) is 6.77. The number of rotatable bonds is 3. The van der Waals surface area contributed by atoms with Crippen LogP contribution < -0.4 is 5.73 Å². The fourth-order valence-corrected chi connectivity index (χ4v) is 2.68. The number of carbonyl (C=O) groups is 2. The minimum absolute atomic E-state index is 0.204. The number of aliphatic carboxylic acids is 1. The van der Waals surface area contributed by atoms with Gasteiger partial charge in [-0.1, -0.05) is 29.8 Å². The summed E-state index contributed by atoms with van der Waals surface area (Å²) in [6.45, 7) is 4.19. The third kappa shape index (κ3) is 2.67. The molecule has 1 amide bonds. The number of aryl methyl sites for hydroxylation is 1. The molecule has 2 rings (SSSR count). The van der Waals surface area contributed by atoms with Gasteiger partial charge in [-0.3, -0.25) is 9.59 Å². The van der Waals surface area contributed by atoms with E-state index in [1.54, 1.807) is 11.8 Å². The number of amides is 1. The first-order chi connectivity index (χ1) is 9.41. The molecule has 20 heavy (non-hydrogen) atoms. The third-order valence-electron chi connectivity index (χ3n) is 4.06. The smallest absolute Gasteiger partial charge is 0.308 e. The molecule has 1 saturated heterocycles. The highest BCUT2D eigenvalue weighted by atomic mass is 16.4. The van der Waals surface area contributed by atoms with Crippen LogP contribution in [0.5, 0.6) is 0 Å². The molecule has 5 nitrogen and oxygen atoms in total. The number of hydrogen-bond acceptors (Lipinski definition) is 3. The van der Waals surface area contributed by atoms with Gasteiger partial charge in [0.1, 0.15) is 6.04 Å². The van der Waals surface area contributed by atoms with Gasteiger partial charge in [-0.2, -0.15) is 0 Å². The Morgan fingerprint density at radius 2 is 1.95 bits per heavy atom. The molecule has 0 aliphatic carbocycles. The van der Waals surface area contributed by atoms with Crippen molar-refractivity contribution in [2.24, 2.45) is 11.7 Å². The number of nitrogens with two attached hydrogens (primary N) is 1. The zero-order chi connectivity index (χ0) is 14.9. The number of benzene rings is 1. The second-order valence-electron chi connectivity index (χ2n) is 5.39. The molecule has 1 heterocycles. The summed E-state index contributed by atoms with van der Waals surface area (Å²) in [7, 11) is 0. The predicted molar refractivity (Wildman–Crippen MR) is 75.0 cm³/mol. The van der Waals surface area contributed by atoms with E-state index in [9.17, 15) is 9.59 Å². The quantitative estimate of drug-likeness (QED) is 0.872. The maximum absolute atomic E-state index is 12.4. The van der Waals surface area contributed by atoms with E-state index in [-0.39, 0.29) is 11.9 Å². The molecule has 0 radical (unpaired) electrons. The average molecular weight is 276 g/mol. The first-order valence-electron chi connectivity index (χ1n) is 6.77. The topological polar surface area (TPSA) is 83.6 Å². The standard InChI is InChI=1S/C15H20N2O3/c1-9-3-5-11(6-4-9)13(16)14(18)17-8-7-12(10(17)2)15(19)20/h3-6,10,12-13H,7-8,16H2,1-2H3,(H,19,20). The van der Waals surface area contributed by atoms with Gasteiger partial charge < -0.3 is 15.7 Å². The fraction of sp³-hybridized carbons (Fsp3) is 0.467. The highest BCUT2D eigenvalue weighted by molar-refractivity contribution is 5.84. The lowest BCUT2D eigenvalue weighted by Crippen LogP contribution is -2.42. The molecule has 0 aromatic heterocycles. The Balaban J connectivity index is 2.11. The van der Waals surface area contributed by atoms with Crippen LogP contribution in [0.1, 0.15) is 30.5 Å². The van der Waals surface area contributed by atoms with Crippen LogP contribution in [0.2, 0.25) is 0 Å². The Morgan fingerprint density at radius 1 is 1.35 bits per heavy atom. The van der Waals surface area contributed by atoms with Crippen molar-refractivity contribution in [3.63, 3.8) is 0 Å². The van der Waals surface area contributed by atoms with Crippen LogP contribution in [-0.4, -0.2) is 34.5 Å². The van der Waals surface area contributed by atoms with Crippen molar-refractivity contribution in [3.05, 3.63) is 35.4 Å². The van der Waals surface area contributed by atoms with Crippen molar-refractivity contribution in [2.45, 2.75) is 32.4 Å². The monoisotopic (exact) mass is 276 g/mol. The molecular formula is C15H20N2O3.